The lowest BCUT2D eigenvalue weighted by Gasteiger charge is -2.17. The minimum atomic E-state index is 0.0815. The van der Waals surface area contributed by atoms with Crippen LogP contribution in [0.4, 0.5) is 0 Å². The van der Waals surface area contributed by atoms with Crippen LogP contribution in [0.15, 0.2) is 48.5 Å². The summed E-state index contributed by atoms with van der Waals surface area (Å²) in [5.74, 6) is 0.917. The van der Waals surface area contributed by atoms with Crippen LogP contribution in [-0.2, 0) is 0 Å². The average molecular weight is 226 g/mol. The second-order valence-electron chi connectivity index (χ2n) is 4.43. The van der Waals surface area contributed by atoms with Crippen LogP contribution in [0.1, 0.15) is 29.7 Å². The molecule has 1 nitrogen and oxygen atoms in total. The van der Waals surface area contributed by atoms with Crippen LogP contribution in [0.3, 0.4) is 0 Å². The van der Waals surface area contributed by atoms with E-state index in [2.05, 4.69) is 39.0 Å². The molecule has 0 heterocycles. The van der Waals surface area contributed by atoms with Crippen molar-refractivity contribution in [3.05, 3.63) is 65.2 Å². The highest BCUT2D eigenvalue weighted by Gasteiger charge is 2.09. The number of hydrogen-bond acceptors (Lipinski definition) is 1. The van der Waals surface area contributed by atoms with Gasteiger partial charge in [-0.05, 0) is 44.0 Å². The largest absolute Gasteiger partial charge is 0.486 e. The highest BCUT2D eigenvalue weighted by molar-refractivity contribution is 5.33. The Bertz CT molecular complexity index is 488. The molecule has 2 rings (SSSR count). The van der Waals surface area contributed by atoms with Crippen LogP contribution in [0.25, 0.3) is 0 Å². The summed E-state index contributed by atoms with van der Waals surface area (Å²) >= 11 is 0. The van der Waals surface area contributed by atoms with Crippen LogP contribution in [0.5, 0.6) is 5.75 Å². The van der Waals surface area contributed by atoms with Crippen molar-refractivity contribution in [3.8, 4) is 5.75 Å². The van der Waals surface area contributed by atoms with Gasteiger partial charge in [-0.2, -0.15) is 0 Å². The first-order valence-electron chi connectivity index (χ1n) is 5.95. The van der Waals surface area contributed by atoms with E-state index in [0.717, 1.165) is 5.75 Å². The zero-order valence-corrected chi connectivity index (χ0v) is 10.6. The van der Waals surface area contributed by atoms with E-state index in [-0.39, 0.29) is 6.10 Å². The maximum atomic E-state index is 5.92. The first kappa shape index (κ1) is 11.7. The first-order valence-corrected chi connectivity index (χ1v) is 5.95. The molecule has 0 aliphatic rings. The third-order valence-corrected chi connectivity index (χ3v) is 2.92. The molecule has 0 amide bonds. The quantitative estimate of drug-likeness (QED) is 0.751. The molecule has 17 heavy (non-hydrogen) atoms. The van der Waals surface area contributed by atoms with Crippen molar-refractivity contribution in [1.29, 1.82) is 0 Å². The molecule has 0 fully saturated rings. The SMILES string of the molecule is Cc1ccc(C(C)Oc2ccccc2)c(C)c1. The molecule has 1 heteroatoms. The van der Waals surface area contributed by atoms with Crippen LogP contribution in [-0.4, -0.2) is 0 Å². The summed E-state index contributed by atoms with van der Waals surface area (Å²) in [6.45, 7) is 6.33. The Hall–Kier alpha value is -1.76. The Morgan fingerprint density at radius 1 is 0.941 bits per heavy atom. The number of aryl methyl sites for hydroxylation is 2. The summed E-state index contributed by atoms with van der Waals surface area (Å²) in [5.41, 5.74) is 3.83. The number of rotatable bonds is 3. The molecule has 0 radical (unpaired) electrons. The molecule has 0 aliphatic heterocycles. The number of para-hydroxylation sites is 1. The molecule has 0 N–H and O–H groups in total. The van der Waals surface area contributed by atoms with Gasteiger partial charge in [-0.1, -0.05) is 42.0 Å². The minimum Gasteiger partial charge on any atom is -0.486 e. The summed E-state index contributed by atoms with van der Waals surface area (Å²) in [5, 5.41) is 0. The van der Waals surface area contributed by atoms with Crippen molar-refractivity contribution in [2.24, 2.45) is 0 Å². The maximum absolute atomic E-state index is 5.92. The fraction of sp³-hybridized carbons (Fsp3) is 0.250. The Morgan fingerprint density at radius 2 is 1.65 bits per heavy atom. The predicted molar refractivity (Wildman–Crippen MR) is 71.4 cm³/mol. The van der Waals surface area contributed by atoms with Gasteiger partial charge in [0, 0.05) is 0 Å². The van der Waals surface area contributed by atoms with Gasteiger partial charge in [-0.25, -0.2) is 0 Å². The van der Waals surface area contributed by atoms with Gasteiger partial charge in [0.1, 0.15) is 11.9 Å². The van der Waals surface area contributed by atoms with Crippen LogP contribution < -0.4 is 4.74 Å². The molecule has 0 saturated heterocycles. The average Bonchev–Trinajstić information content (AvgIpc) is 2.30. The lowest BCUT2D eigenvalue weighted by atomic mass is 10.0. The second-order valence-corrected chi connectivity index (χ2v) is 4.43. The summed E-state index contributed by atoms with van der Waals surface area (Å²) < 4.78 is 5.92. The van der Waals surface area contributed by atoms with Crippen LogP contribution >= 0.6 is 0 Å². The topological polar surface area (TPSA) is 9.23 Å². The van der Waals surface area contributed by atoms with E-state index in [4.69, 9.17) is 4.74 Å². The maximum Gasteiger partial charge on any atom is 0.121 e. The van der Waals surface area contributed by atoms with E-state index in [1.807, 2.05) is 30.3 Å². The molecule has 2 aromatic carbocycles. The fourth-order valence-corrected chi connectivity index (χ4v) is 2.05. The number of ether oxygens (including phenoxy) is 1. The summed E-state index contributed by atoms with van der Waals surface area (Å²) in [6.07, 6.45) is 0.0815. The van der Waals surface area contributed by atoms with Crippen molar-refractivity contribution >= 4 is 0 Å². The van der Waals surface area contributed by atoms with Gasteiger partial charge in [0.15, 0.2) is 0 Å². The molecule has 0 aliphatic carbocycles. The van der Waals surface area contributed by atoms with Gasteiger partial charge < -0.3 is 4.74 Å². The Balaban J connectivity index is 2.17. The molecule has 0 bridgehead atoms. The first-order chi connectivity index (χ1) is 8.16. The molecule has 1 atom stereocenters. The lowest BCUT2D eigenvalue weighted by molar-refractivity contribution is 0.226. The molecular formula is C16H18O. The van der Waals surface area contributed by atoms with Gasteiger partial charge in [0.2, 0.25) is 0 Å². The molecular weight excluding hydrogens is 208 g/mol. The number of hydrogen-bond donors (Lipinski definition) is 0. The van der Waals surface area contributed by atoms with Crippen molar-refractivity contribution in [3.63, 3.8) is 0 Å². The van der Waals surface area contributed by atoms with E-state index in [1.54, 1.807) is 0 Å². The van der Waals surface area contributed by atoms with Gasteiger partial charge in [-0.15, -0.1) is 0 Å². The highest BCUT2D eigenvalue weighted by Crippen LogP contribution is 2.24. The zero-order valence-electron chi connectivity index (χ0n) is 10.6. The van der Waals surface area contributed by atoms with Crippen molar-refractivity contribution in [1.82, 2.24) is 0 Å². The molecule has 88 valence electrons. The third-order valence-electron chi connectivity index (χ3n) is 2.92. The van der Waals surface area contributed by atoms with Crippen molar-refractivity contribution in [2.75, 3.05) is 0 Å². The molecule has 0 saturated carbocycles. The Morgan fingerprint density at radius 3 is 2.29 bits per heavy atom. The Kier molecular flexibility index (Phi) is 3.48. The smallest absolute Gasteiger partial charge is 0.121 e. The third kappa shape index (κ3) is 2.88. The van der Waals surface area contributed by atoms with Gasteiger partial charge >= 0.3 is 0 Å². The Labute approximate surface area is 103 Å². The van der Waals surface area contributed by atoms with E-state index >= 15 is 0 Å². The zero-order chi connectivity index (χ0) is 12.3. The molecule has 0 aromatic heterocycles. The number of benzene rings is 2. The standard InChI is InChI=1S/C16H18O/c1-12-9-10-16(13(2)11-12)14(3)17-15-7-5-4-6-8-15/h4-11,14H,1-3H3. The van der Waals surface area contributed by atoms with E-state index in [0.29, 0.717) is 0 Å². The monoisotopic (exact) mass is 226 g/mol. The summed E-state index contributed by atoms with van der Waals surface area (Å²) in [6, 6.07) is 16.4. The molecule has 2 aromatic rings. The normalized spacial score (nSPS) is 12.2. The van der Waals surface area contributed by atoms with Crippen molar-refractivity contribution in [2.45, 2.75) is 26.9 Å². The van der Waals surface area contributed by atoms with Gasteiger partial charge in [-0.3, -0.25) is 0 Å². The van der Waals surface area contributed by atoms with Crippen LogP contribution in [0.2, 0.25) is 0 Å². The lowest BCUT2D eigenvalue weighted by Crippen LogP contribution is -2.05. The minimum absolute atomic E-state index is 0.0815. The molecule has 1 unspecified atom stereocenters. The van der Waals surface area contributed by atoms with E-state index < -0.39 is 0 Å². The summed E-state index contributed by atoms with van der Waals surface area (Å²) in [7, 11) is 0. The fourth-order valence-electron chi connectivity index (χ4n) is 2.05. The highest BCUT2D eigenvalue weighted by atomic mass is 16.5. The van der Waals surface area contributed by atoms with Crippen LogP contribution in [0, 0.1) is 13.8 Å². The second kappa shape index (κ2) is 5.05. The van der Waals surface area contributed by atoms with Gasteiger partial charge in [0.05, 0.1) is 0 Å². The van der Waals surface area contributed by atoms with Crippen molar-refractivity contribution < 1.29 is 4.74 Å². The van der Waals surface area contributed by atoms with Gasteiger partial charge in [0.25, 0.3) is 0 Å². The molecule has 0 spiro atoms. The summed E-state index contributed by atoms with van der Waals surface area (Å²) in [4.78, 5) is 0. The predicted octanol–water partition coefficient (Wildman–Crippen LogP) is 4.44. The van der Waals surface area contributed by atoms with E-state index in [1.165, 1.54) is 16.7 Å². The van der Waals surface area contributed by atoms with E-state index in [9.17, 15) is 0 Å².